The molecule has 0 bridgehead atoms. The Kier molecular flexibility index (Phi) is 49.0. The average Bonchev–Trinajstić information content (AvgIpc) is 3.26. The summed E-state index contributed by atoms with van der Waals surface area (Å²) in [6.07, 6.45) is 58.1. The topological polar surface area (TPSA) is 95.9 Å². The van der Waals surface area contributed by atoms with E-state index in [0.717, 1.165) is 64.2 Å². The fourth-order valence-corrected chi connectivity index (χ4v) is 8.53. The summed E-state index contributed by atoms with van der Waals surface area (Å²) < 4.78 is 5.93. The van der Waals surface area contributed by atoms with E-state index in [4.69, 9.17) is 4.74 Å². The van der Waals surface area contributed by atoms with E-state index in [1.807, 2.05) is 0 Å². The third-order valence-electron chi connectivity index (χ3n) is 12.8. The maximum Gasteiger partial charge on any atom is 0.306 e. The highest BCUT2D eigenvalue weighted by Gasteiger charge is 2.24. The second-order valence-electron chi connectivity index (χ2n) is 19.0. The molecule has 62 heavy (non-hydrogen) atoms. The Morgan fingerprint density at radius 3 is 1.21 bits per heavy atom. The first-order chi connectivity index (χ1) is 30.5. The second kappa shape index (κ2) is 50.3. The Morgan fingerprint density at radius 2 is 0.790 bits per heavy atom. The van der Waals surface area contributed by atoms with Gasteiger partial charge in [0.1, 0.15) is 6.10 Å². The van der Waals surface area contributed by atoms with Gasteiger partial charge in [0.2, 0.25) is 5.91 Å². The van der Waals surface area contributed by atoms with E-state index in [1.54, 1.807) is 0 Å². The van der Waals surface area contributed by atoms with Crippen molar-refractivity contribution in [3.05, 3.63) is 24.3 Å². The number of carbonyl (C=O) groups excluding carboxylic acids is 2. The third-order valence-corrected chi connectivity index (χ3v) is 12.8. The molecule has 3 N–H and O–H groups in total. The number of hydrogen-bond acceptors (Lipinski definition) is 5. The molecular formula is C56H107NO5. The normalized spacial score (nSPS) is 13.3. The maximum atomic E-state index is 13.2. The van der Waals surface area contributed by atoms with Crippen molar-refractivity contribution in [2.75, 3.05) is 6.61 Å². The van der Waals surface area contributed by atoms with E-state index in [2.05, 4.69) is 50.4 Å². The molecule has 0 aromatic rings. The minimum absolute atomic E-state index is 0.0679. The number of nitrogens with one attached hydrogen (secondary N) is 1. The summed E-state index contributed by atoms with van der Waals surface area (Å²) in [7, 11) is 0. The quantitative estimate of drug-likeness (QED) is 0.0321. The molecule has 0 spiro atoms. The van der Waals surface area contributed by atoms with Crippen molar-refractivity contribution in [3.8, 4) is 0 Å². The number of allylic oxidation sites excluding steroid dienone is 4. The van der Waals surface area contributed by atoms with Gasteiger partial charge in [0.05, 0.1) is 25.2 Å². The van der Waals surface area contributed by atoms with Crippen LogP contribution in [0.1, 0.15) is 297 Å². The molecule has 366 valence electrons. The molecule has 0 fully saturated rings. The number of hydrogen-bond donors (Lipinski definition) is 3. The van der Waals surface area contributed by atoms with E-state index in [1.165, 1.54) is 186 Å². The molecule has 0 saturated carbocycles. The van der Waals surface area contributed by atoms with Crippen LogP contribution in [0.25, 0.3) is 0 Å². The minimum Gasteiger partial charge on any atom is -0.462 e. The SMILES string of the molecule is CCCC/C=C\CCCCCCCC(=O)OC(CCCCC/C=C/CCCCCCCCCCC)CC(=O)NC(CO)C(O)CCCCCCCCCCCCCCCCCC. The van der Waals surface area contributed by atoms with Gasteiger partial charge in [-0.15, -0.1) is 0 Å². The molecule has 0 rings (SSSR count). The fourth-order valence-electron chi connectivity index (χ4n) is 8.53. The zero-order valence-electron chi connectivity index (χ0n) is 41.8. The van der Waals surface area contributed by atoms with Crippen LogP contribution in [-0.4, -0.2) is 46.9 Å². The van der Waals surface area contributed by atoms with Crippen LogP contribution in [0, 0.1) is 0 Å². The summed E-state index contributed by atoms with van der Waals surface area (Å²) in [6.45, 7) is 6.47. The summed E-state index contributed by atoms with van der Waals surface area (Å²) >= 11 is 0. The zero-order chi connectivity index (χ0) is 45.2. The summed E-state index contributed by atoms with van der Waals surface area (Å²) in [5, 5.41) is 23.8. The van der Waals surface area contributed by atoms with Gasteiger partial charge in [-0.25, -0.2) is 0 Å². The molecule has 0 radical (unpaired) electrons. The monoisotopic (exact) mass is 874 g/mol. The number of unbranched alkanes of at least 4 members (excludes halogenated alkanes) is 34. The molecule has 0 aliphatic rings. The summed E-state index contributed by atoms with van der Waals surface area (Å²) in [4.78, 5) is 26.2. The van der Waals surface area contributed by atoms with Crippen molar-refractivity contribution in [2.45, 2.75) is 315 Å². The van der Waals surface area contributed by atoms with Crippen LogP contribution in [-0.2, 0) is 14.3 Å². The number of esters is 1. The lowest BCUT2D eigenvalue weighted by molar-refractivity contribution is -0.151. The standard InChI is InChI=1S/C56H107NO5/c1-4-7-10-13-16-19-22-24-26-28-30-33-35-38-41-44-47-52(62-56(61)49-46-43-40-37-32-21-18-15-12-9-6-3)50-55(60)57-53(51-58)54(59)48-45-42-39-36-34-31-29-27-25-23-20-17-14-11-8-5-2/h15,18,30,33,52-54,58-59H,4-14,16-17,19-29,31-32,34-51H2,1-3H3,(H,57,60)/b18-15-,33-30+. The number of amides is 1. The first-order valence-electron chi connectivity index (χ1n) is 27.6. The molecule has 6 nitrogen and oxygen atoms in total. The highest BCUT2D eigenvalue weighted by Crippen LogP contribution is 2.18. The van der Waals surface area contributed by atoms with Crippen LogP contribution >= 0.6 is 0 Å². The average molecular weight is 874 g/mol. The van der Waals surface area contributed by atoms with Crippen LogP contribution in [0.5, 0.6) is 0 Å². The molecule has 0 aliphatic heterocycles. The molecule has 0 aromatic heterocycles. The molecule has 3 atom stereocenters. The van der Waals surface area contributed by atoms with Crippen LogP contribution in [0.3, 0.4) is 0 Å². The number of aliphatic hydroxyl groups excluding tert-OH is 2. The zero-order valence-corrected chi connectivity index (χ0v) is 41.8. The van der Waals surface area contributed by atoms with Crippen molar-refractivity contribution in [1.29, 1.82) is 0 Å². The lowest BCUT2D eigenvalue weighted by atomic mass is 10.0. The lowest BCUT2D eigenvalue weighted by Gasteiger charge is -2.24. The van der Waals surface area contributed by atoms with Crippen molar-refractivity contribution >= 4 is 11.9 Å². The largest absolute Gasteiger partial charge is 0.462 e. The first kappa shape index (κ1) is 60.3. The Bertz CT molecular complexity index is 981. The molecule has 0 aliphatic carbocycles. The van der Waals surface area contributed by atoms with Crippen molar-refractivity contribution in [2.24, 2.45) is 0 Å². The molecule has 0 heterocycles. The number of aliphatic hydroxyl groups is 2. The van der Waals surface area contributed by atoms with E-state index >= 15 is 0 Å². The van der Waals surface area contributed by atoms with Gasteiger partial charge >= 0.3 is 5.97 Å². The van der Waals surface area contributed by atoms with Crippen LogP contribution < -0.4 is 5.32 Å². The van der Waals surface area contributed by atoms with Gasteiger partial charge in [-0.3, -0.25) is 9.59 Å². The number of ether oxygens (including phenoxy) is 1. The van der Waals surface area contributed by atoms with E-state index in [-0.39, 0.29) is 24.9 Å². The molecule has 6 heteroatoms. The van der Waals surface area contributed by atoms with Gasteiger partial charge in [0.15, 0.2) is 0 Å². The Balaban J connectivity index is 4.52. The lowest BCUT2D eigenvalue weighted by Crippen LogP contribution is -2.46. The van der Waals surface area contributed by atoms with Gasteiger partial charge in [-0.1, -0.05) is 238 Å². The van der Waals surface area contributed by atoms with Crippen molar-refractivity contribution < 1.29 is 24.5 Å². The summed E-state index contributed by atoms with van der Waals surface area (Å²) in [6, 6.07) is -0.704. The molecular weight excluding hydrogens is 767 g/mol. The summed E-state index contributed by atoms with van der Waals surface area (Å²) in [5.74, 6) is -0.487. The van der Waals surface area contributed by atoms with Crippen LogP contribution in [0.2, 0.25) is 0 Å². The fraction of sp³-hybridized carbons (Fsp3) is 0.893. The van der Waals surface area contributed by atoms with Gasteiger partial charge in [0, 0.05) is 6.42 Å². The molecule has 0 aromatic carbocycles. The first-order valence-corrected chi connectivity index (χ1v) is 27.6. The number of rotatable bonds is 50. The van der Waals surface area contributed by atoms with E-state index in [0.29, 0.717) is 19.3 Å². The highest BCUT2D eigenvalue weighted by atomic mass is 16.5. The minimum atomic E-state index is -0.790. The highest BCUT2D eigenvalue weighted by molar-refractivity contribution is 5.77. The smallest absolute Gasteiger partial charge is 0.306 e. The van der Waals surface area contributed by atoms with Crippen molar-refractivity contribution in [3.63, 3.8) is 0 Å². The second-order valence-corrected chi connectivity index (χ2v) is 19.0. The van der Waals surface area contributed by atoms with Crippen LogP contribution in [0.4, 0.5) is 0 Å². The Hall–Kier alpha value is -1.66. The Morgan fingerprint density at radius 1 is 0.452 bits per heavy atom. The van der Waals surface area contributed by atoms with Gasteiger partial charge in [-0.2, -0.15) is 0 Å². The van der Waals surface area contributed by atoms with Crippen molar-refractivity contribution in [1.82, 2.24) is 5.32 Å². The van der Waals surface area contributed by atoms with Gasteiger partial charge in [-0.05, 0) is 70.6 Å². The molecule has 0 saturated heterocycles. The predicted octanol–water partition coefficient (Wildman–Crippen LogP) is 16.7. The molecule has 3 unspecified atom stereocenters. The van der Waals surface area contributed by atoms with Gasteiger partial charge in [0.25, 0.3) is 0 Å². The maximum absolute atomic E-state index is 13.2. The van der Waals surface area contributed by atoms with Crippen LogP contribution in [0.15, 0.2) is 24.3 Å². The third kappa shape index (κ3) is 44.9. The van der Waals surface area contributed by atoms with Gasteiger partial charge < -0.3 is 20.3 Å². The predicted molar refractivity (Wildman–Crippen MR) is 269 cm³/mol. The Labute approximate surface area is 386 Å². The van der Waals surface area contributed by atoms with E-state index in [9.17, 15) is 19.8 Å². The molecule has 1 amide bonds. The number of carbonyl (C=O) groups is 2. The summed E-state index contributed by atoms with van der Waals surface area (Å²) in [5.41, 5.74) is 0. The van der Waals surface area contributed by atoms with E-state index < -0.39 is 18.2 Å².